The third-order valence-corrected chi connectivity index (χ3v) is 2.98. The number of esters is 1. The number of nitrogens with zero attached hydrogens (tertiary/aromatic N) is 3. The normalized spacial score (nSPS) is 17.4. The second-order valence-electron chi connectivity index (χ2n) is 4.64. The van der Waals surface area contributed by atoms with Gasteiger partial charge in [-0.25, -0.2) is 0 Å². The lowest BCUT2D eigenvalue weighted by Gasteiger charge is -2.11. The highest BCUT2D eigenvalue weighted by molar-refractivity contribution is 5.69. The molecule has 0 amide bonds. The van der Waals surface area contributed by atoms with E-state index >= 15 is 0 Å². The van der Waals surface area contributed by atoms with Gasteiger partial charge in [-0.3, -0.25) is 4.79 Å². The molecule has 0 bridgehead atoms. The van der Waals surface area contributed by atoms with Gasteiger partial charge in [-0.1, -0.05) is 6.92 Å². The summed E-state index contributed by atoms with van der Waals surface area (Å²) in [6.45, 7) is 5.49. The minimum absolute atomic E-state index is 0.0506. The van der Waals surface area contributed by atoms with Crippen LogP contribution >= 0.6 is 0 Å². The number of hydrazine groups is 1. The Hall–Kier alpha value is -1.53. The predicted molar refractivity (Wildman–Crippen MR) is 67.9 cm³/mol. The molecule has 0 saturated carbocycles. The highest BCUT2D eigenvalue weighted by Gasteiger charge is 2.18. The van der Waals surface area contributed by atoms with Crippen LogP contribution in [-0.2, 0) is 14.4 Å². The summed E-state index contributed by atoms with van der Waals surface area (Å²) < 4.78 is 5.10. The molecule has 1 aliphatic rings. The number of hydrogen-bond donors (Lipinski definition) is 0. The average Bonchev–Trinajstić information content (AvgIpc) is 2.91. The predicted octanol–water partition coefficient (Wildman–Crippen LogP) is 2.01. The van der Waals surface area contributed by atoms with Crippen molar-refractivity contribution in [2.24, 2.45) is 5.28 Å². The maximum absolute atomic E-state index is 11.4. The Kier molecular flexibility index (Phi) is 6.99. The molecule has 1 heterocycles. The molecule has 0 aliphatic carbocycles. The van der Waals surface area contributed by atoms with Crippen LogP contribution in [0.1, 0.15) is 46.0 Å². The molecule has 1 saturated heterocycles. The second kappa shape index (κ2) is 8.55. The first kappa shape index (κ1) is 15.5. The Morgan fingerprint density at radius 3 is 2.79 bits per heavy atom. The van der Waals surface area contributed by atoms with Crippen molar-refractivity contribution >= 4 is 5.97 Å². The van der Waals surface area contributed by atoms with Gasteiger partial charge in [0.15, 0.2) is 0 Å². The summed E-state index contributed by atoms with van der Waals surface area (Å²) in [4.78, 5) is 16.7. The fourth-order valence-electron chi connectivity index (χ4n) is 1.66. The number of carbonyl (C=O) groups excluding carboxylic acids is 1. The maximum atomic E-state index is 11.4. The molecule has 1 fully saturated rings. The SMILES string of the molecule is CCC(C)OC(=O)CCCO/N=[N+](\[O-])N1CCCC1. The lowest BCUT2D eigenvalue weighted by Crippen LogP contribution is -2.27. The van der Waals surface area contributed by atoms with E-state index < -0.39 is 0 Å². The molecule has 0 spiro atoms. The van der Waals surface area contributed by atoms with Gasteiger partial charge in [0.1, 0.15) is 6.61 Å². The number of carbonyl (C=O) groups is 1. The fourth-order valence-corrected chi connectivity index (χ4v) is 1.66. The summed E-state index contributed by atoms with van der Waals surface area (Å²) in [6, 6.07) is 0. The smallest absolute Gasteiger partial charge is 0.306 e. The molecule has 1 atom stereocenters. The van der Waals surface area contributed by atoms with Crippen LogP contribution in [0.4, 0.5) is 0 Å². The quantitative estimate of drug-likeness (QED) is 0.222. The van der Waals surface area contributed by atoms with Gasteiger partial charge in [0.25, 0.3) is 0 Å². The summed E-state index contributed by atoms with van der Waals surface area (Å²) in [5.74, 6) is -0.239. The molecule has 1 unspecified atom stereocenters. The van der Waals surface area contributed by atoms with Gasteiger partial charge in [-0.2, -0.15) is 0 Å². The van der Waals surface area contributed by atoms with E-state index in [0.717, 1.165) is 32.4 Å². The van der Waals surface area contributed by atoms with Crippen molar-refractivity contribution < 1.29 is 19.3 Å². The summed E-state index contributed by atoms with van der Waals surface area (Å²) in [7, 11) is 0. The van der Waals surface area contributed by atoms with Gasteiger partial charge >= 0.3 is 5.97 Å². The molecule has 1 aliphatic heterocycles. The van der Waals surface area contributed by atoms with Gasteiger partial charge in [-0.15, -0.1) is 5.01 Å². The van der Waals surface area contributed by atoms with Crippen LogP contribution in [0.25, 0.3) is 0 Å². The van der Waals surface area contributed by atoms with Gasteiger partial charge < -0.3 is 14.8 Å². The zero-order valence-corrected chi connectivity index (χ0v) is 11.7. The Morgan fingerprint density at radius 2 is 2.16 bits per heavy atom. The summed E-state index contributed by atoms with van der Waals surface area (Å²) in [5.41, 5.74) is 0. The zero-order chi connectivity index (χ0) is 14.1. The molecule has 7 heteroatoms. The van der Waals surface area contributed by atoms with E-state index in [4.69, 9.17) is 9.57 Å². The van der Waals surface area contributed by atoms with E-state index in [1.807, 2.05) is 13.8 Å². The average molecular weight is 273 g/mol. The third kappa shape index (κ3) is 6.26. The maximum Gasteiger partial charge on any atom is 0.306 e. The van der Waals surface area contributed by atoms with Crippen molar-refractivity contribution in [1.82, 2.24) is 5.01 Å². The van der Waals surface area contributed by atoms with Crippen LogP contribution in [0.5, 0.6) is 0 Å². The molecule has 19 heavy (non-hydrogen) atoms. The van der Waals surface area contributed by atoms with Crippen LogP contribution in [0, 0.1) is 5.21 Å². The highest BCUT2D eigenvalue weighted by atomic mass is 16.7. The fraction of sp³-hybridized carbons (Fsp3) is 0.917. The lowest BCUT2D eigenvalue weighted by atomic mass is 10.3. The van der Waals surface area contributed by atoms with Crippen LogP contribution < -0.4 is 0 Å². The van der Waals surface area contributed by atoms with Gasteiger partial charge in [0.05, 0.1) is 24.2 Å². The van der Waals surface area contributed by atoms with E-state index in [1.54, 1.807) is 5.01 Å². The Morgan fingerprint density at radius 1 is 1.47 bits per heavy atom. The zero-order valence-electron chi connectivity index (χ0n) is 11.7. The Labute approximate surface area is 113 Å². The van der Waals surface area contributed by atoms with E-state index in [9.17, 15) is 10.0 Å². The molecular weight excluding hydrogens is 250 g/mol. The van der Waals surface area contributed by atoms with Crippen molar-refractivity contribution in [3.63, 3.8) is 0 Å². The number of ether oxygens (including phenoxy) is 1. The second-order valence-corrected chi connectivity index (χ2v) is 4.64. The largest absolute Gasteiger partial charge is 0.569 e. The molecule has 0 aromatic heterocycles. The van der Waals surface area contributed by atoms with Crippen LogP contribution in [0.3, 0.4) is 0 Å². The molecule has 110 valence electrons. The van der Waals surface area contributed by atoms with Gasteiger partial charge in [0.2, 0.25) is 5.28 Å². The van der Waals surface area contributed by atoms with Crippen molar-refractivity contribution in [3.05, 3.63) is 5.21 Å². The van der Waals surface area contributed by atoms with Crippen LogP contribution in [-0.4, -0.2) is 41.7 Å². The van der Waals surface area contributed by atoms with E-state index in [2.05, 4.69) is 5.28 Å². The highest BCUT2D eigenvalue weighted by Crippen LogP contribution is 2.07. The molecule has 0 radical (unpaired) electrons. The first-order valence-electron chi connectivity index (χ1n) is 6.88. The Balaban J connectivity index is 2.07. The lowest BCUT2D eigenvalue weighted by molar-refractivity contribution is -0.707. The number of hydrogen-bond acceptors (Lipinski definition) is 5. The minimum Gasteiger partial charge on any atom is -0.569 e. The molecular formula is C12H23N3O4. The van der Waals surface area contributed by atoms with Gasteiger partial charge in [-0.05, 0) is 32.6 Å². The van der Waals surface area contributed by atoms with Crippen molar-refractivity contribution in [1.29, 1.82) is 0 Å². The Bertz CT molecular complexity index is 303. The summed E-state index contributed by atoms with van der Waals surface area (Å²) in [6.07, 6.45) is 3.55. The van der Waals surface area contributed by atoms with Crippen LogP contribution in [0.15, 0.2) is 5.28 Å². The standard InChI is InChI=1S/C12H23N3O4/c1-3-11(2)19-12(16)7-6-10-18-13-15(17)14-8-4-5-9-14/h11H,3-10H2,1-2H3/b15-13-. The molecule has 0 aromatic rings. The molecule has 0 N–H and O–H groups in total. The molecule has 1 rings (SSSR count). The minimum atomic E-state index is -0.239. The molecule has 0 aromatic carbocycles. The van der Waals surface area contributed by atoms with Crippen molar-refractivity contribution in [3.8, 4) is 0 Å². The van der Waals surface area contributed by atoms with E-state index in [-0.39, 0.29) is 25.1 Å². The van der Waals surface area contributed by atoms with Crippen molar-refractivity contribution in [2.45, 2.75) is 52.1 Å². The monoisotopic (exact) mass is 273 g/mol. The van der Waals surface area contributed by atoms with Crippen LogP contribution in [0.2, 0.25) is 0 Å². The van der Waals surface area contributed by atoms with Gasteiger partial charge in [0, 0.05) is 6.42 Å². The number of rotatable bonds is 8. The molecule has 7 nitrogen and oxygen atoms in total. The third-order valence-electron chi connectivity index (χ3n) is 2.98. The van der Waals surface area contributed by atoms with E-state index in [0.29, 0.717) is 11.4 Å². The summed E-state index contributed by atoms with van der Waals surface area (Å²) in [5, 5.41) is 16.4. The first-order valence-corrected chi connectivity index (χ1v) is 6.88. The first-order chi connectivity index (χ1) is 9.13. The summed E-state index contributed by atoms with van der Waals surface area (Å²) >= 11 is 0. The van der Waals surface area contributed by atoms with Crippen molar-refractivity contribution in [2.75, 3.05) is 19.7 Å². The van der Waals surface area contributed by atoms with E-state index in [1.165, 1.54) is 0 Å². The topological polar surface area (TPSA) is 77.2 Å².